The molecule has 1 unspecified atom stereocenters. The SMILES string of the molecule is CC(C=O)C1(NC(=O)OC(C)(C)C)CCC1. The standard InChI is InChI=1S/C12H21NO3/c1-9(8-14)12(6-5-7-12)13-10(15)16-11(2,3)4/h8-9H,5-7H2,1-4H3,(H,13,15). The average molecular weight is 227 g/mol. The number of rotatable bonds is 3. The first-order chi connectivity index (χ1) is 7.29. The van der Waals surface area contributed by atoms with Crippen molar-refractivity contribution >= 4 is 12.4 Å². The number of carbonyl (C=O) groups excluding carboxylic acids is 2. The highest BCUT2D eigenvalue weighted by Gasteiger charge is 2.43. The predicted octanol–water partition coefficient (Wildman–Crippen LogP) is 2.27. The first kappa shape index (κ1) is 13.0. The molecule has 0 aromatic heterocycles. The number of aldehydes is 1. The summed E-state index contributed by atoms with van der Waals surface area (Å²) in [6.07, 6.45) is 3.23. The molecule has 0 bridgehead atoms. The minimum absolute atomic E-state index is 0.159. The minimum Gasteiger partial charge on any atom is -0.444 e. The van der Waals surface area contributed by atoms with Crippen LogP contribution in [0.3, 0.4) is 0 Å². The van der Waals surface area contributed by atoms with Gasteiger partial charge in [0.1, 0.15) is 11.9 Å². The Kier molecular flexibility index (Phi) is 3.61. The molecule has 0 aliphatic heterocycles. The van der Waals surface area contributed by atoms with Gasteiger partial charge in [0.05, 0.1) is 5.54 Å². The average Bonchev–Trinajstić information content (AvgIpc) is 2.07. The summed E-state index contributed by atoms with van der Waals surface area (Å²) in [5, 5.41) is 2.84. The zero-order valence-corrected chi connectivity index (χ0v) is 10.5. The third kappa shape index (κ3) is 2.97. The zero-order chi connectivity index (χ0) is 12.4. The molecule has 92 valence electrons. The number of alkyl carbamates (subject to hydrolysis) is 1. The molecule has 4 heteroatoms. The maximum absolute atomic E-state index is 11.6. The molecule has 1 atom stereocenters. The normalized spacial score (nSPS) is 20.5. The van der Waals surface area contributed by atoms with Gasteiger partial charge in [-0.3, -0.25) is 0 Å². The molecule has 0 aromatic carbocycles. The van der Waals surface area contributed by atoms with Crippen LogP contribution in [0.15, 0.2) is 0 Å². The fourth-order valence-corrected chi connectivity index (χ4v) is 1.89. The molecule has 1 amide bonds. The van der Waals surface area contributed by atoms with Crippen molar-refractivity contribution in [2.45, 2.75) is 58.1 Å². The molecule has 0 spiro atoms. The molecular formula is C12H21NO3. The van der Waals surface area contributed by atoms with E-state index < -0.39 is 11.7 Å². The molecule has 1 aliphatic rings. The summed E-state index contributed by atoms with van der Waals surface area (Å²) in [7, 11) is 0. The second-order valence-electron chi connectivity index (χ2n) is 5.56. The van der Waals surface area contributed by atoms with Crippen molar-refractivity contribution < 1.29 is 14.3 Å². The Bertz CT molecular complexity index is 276. The van der Waals surface area contributed by atoms with Gasteiger partial charge in [0.15, 0.2) is 0 Å². The van der Waals surface area contributed by atoms with E-state index >= 15 is 0 Å². The minimum atomic E-state index is -0.501. The van der Waals surface area contributed by atoms with Gasteiger partial charge in [0.2, 0.25) is 0 Å². The fraction of sp³-hybridized carbons (Fsp3) is 0.833. The van der Waals surface area contributed by atoms with Crippen LogP contribution in [-0.2, 0) is 9.53 Å². The summed E-state index contributed by atoms with van der Waals surface area (Å²) < 4.78 is 5.20. The third-order valence-electron chi connectivity index (χ3n) is 3.07. The van der Waals surface area contributed by atoms with E-state index in [0.29, 0.717) is 0 Å². The summed E-state index contributed by atoms with van der Waals surface area (Å²) >= 11 is 0. The smallest absolute Gasteiger partial charge is 0.408 e. The quantitative estimate of drug-likeness (QED) is 0.752. The predicted molar refractivity (Wildman–Crippen MR) is 61.2 cm³/mol. The van der Waals surface area contributed by atoms with Gasteiger partial charge in [0.25, 0.3) is 0 Å². The van der Waals surface area contributed by atoms with Gasteiger partial charge in [-0.15, -0.1) is 0 Å². The lowest BCUT2D eigenvalue weighted by atomic mass is 9.69. The van der Waals surface area contributed by atoms with Crippen LogP contribution in [0.25, 0.3) is 0 Å². The number of amides is 1. The van der Waals surface area contributed by atoms with E-state index in [2.05, 4.69) is 5.32 Å². The topological polar surface area (TPSA) is 55.4 Å². The van der Waals surface area contributed by atoms with Gasteiger partial charge < -0.3 is 14.8 Å². The van der Waals surface area contributed by atoms with E-state index in [1.54, 1.807) is 0 Å². The van der Waals surface area contributed by atoms with Crippen LogP contribution in [0.4, 0.5) is 4.79 Å². The monoisotopic (exact) mass is 227 g/mol. The van der Waals surface area contributed by atoms with E-state index in [4.69, 9.17) is 4.74 Å². The van der Waals surface area contributed by atoms with Crippen LogP contribution in [0.5, 0.6) is 0 Å². The first-order valence-electron chi connectivity index (χ1n) is 5.75. The molecular weight excluding hydrogens is 206 g/mol. The third-order valence-corrected chi connectivity index (χ3v) is 3.07. The van der Waals surface area contributed by atoms with Gasteiger partial charge in [-0.2, -0.15) is 0 Å². The lowest BCUT2D eigenvalue weighted by Gasteiger charge is -2.45. The summed E-state index contributed by atoms with van der Waals surface area (Å²) in [6.45, 7) is 7.30. The summed E-state index contributed by atoms with van der Waals surface area (Å²) in [4.78, 5) is 22.5. The summed E-state index contributed by atoms with van der Waals surface area (Å²) in [6, 6.07) is 0. The molecule has 1 rings (SSSR count). The highest BCUT2D eigenvalue weighted by molar-refractivity contribution is 5.70. The molecule has 0 saturated heterocycles. The maximum Gasteiger partial charge on any atom is 0.408 e. The highest BCUT2D eigenvalue weighted by Crippen LogP contribution is 2.37. The molecule has 0 radical (unpaired) electrons. The number of carbonyl (C=O) groups is 2. The van der Waals surface area contributed by atoms with Gasteiger partial charge in [0, 0.05) is 5.92 Å². The molecule has 1 saturated carbocycles. The number of hydrogen-bond acceptors (Lipinski definition) is 3. The van der Waals surface area contributed by atoms with Gasteiger partial charge in [-0.25, -0.2) is 4.79 Å². The van der Waals surface area contributed by atoms with Crippen LogP contribution < -0.4 is 5.32 Å². The van der Waals surface area contributed by atoms with E-state index in [0.717, 1.165) is 25.5 Å². The van der Waals surface area contributed by atoms with E-state index in [-0.39, 0.29) is 11.5 Å². The van der Waals surface area contributed by atoms with E-state index in [1.807, 2.05) is 27.7 Å². The van der Waals surface area contributed by atoms with Crippen LogP contribution in [-0.4, -0.2) is 23.5 Å². The second-order valence-corrected chi connectivity index (χ2v) is 5.56. The van der Waals surface area contributed by atoms with Crippen LogP contribution in [0, 0.1) is 5.92 Å². The van der Waals surface area contributed by atoms with E-state index in [9.17, 15) is 9.59 Å². The van der Waals surface area contributed by atoms with Crippen molar-refractivity contribution in [2.24, 2.45) is 5.92 Å². The first-order valence-corrected chi connectivity index (χ1v) is 5.75. The lowest BCUT2D eigenvalue weighted by Crippen LogP contribution is -2.58. The van der Waals surface area contributed by atoms with Crippen molar-refractivity contribution in [1.82, 2.24) is 5.32 Å². The Labute approximate surface area is 96.7 Å². The number of nitrogens with one attached hydrogen (secondary N) is 1. The van der Waals surface area contributed by atoms with Crippen LogP contribution in [0.1, 0.15) is 47.0 Å². The Hall–Kier alpha value is -1.06. The molecule has 0 heterocycles. The number of ether oxygens (including phenoxy) is 1. The lowest BCUT2D eigenvalue weighted by molar-refractivity contribution is -0.114. The molecule has 16 heavy (non-hydrogen) atoms. The van der Waals surface area contributed by atoms with Gasteiger partial charge in [-0.1, -0.05) is 6.92 Å². The molecule has 1 aliphatic carbocycles. The van der Waals surface area contributed by atoms with Crippen molar-refractivity contribution in [3.05, 3.63) is 0 Å². The van der Waals surface area contributed by atoms with E-state index in [1.165, 1.54) is 0 Å². The fourth-order valence-electron chi connectivity index (χ4n) is 1.89. The molecule has 0 aromatic rings. The molecule has 4 nitrogen and oxygen atoms in total. The molecule has 1 N–H and O–H groups in total. The van der Waals surface area contributed by atoms with Crippen molar-refractivity contribution in [2.75, 3.05) is 0 Å². The maximum atomic E-state index is 11.6. The zero-order valence-electron chi connectivity index (χ0n) is 10.5. The Morgan fingerprint density at radius 2 is 2.00 bits per heavy atom. The van der Waals surface area contributed by atoms with Crippen molar-refractivity contribution in [3.63, 3.8) is 0 Å². The summed E-state index contributed by atoms with van der Waals surface area (Å²) in [5.74, 6) is -0.159. The Balaban J connectivity index is 2.57. The van der Waals surface area contributed by atoms with Gasteiger partial charge in [-0.05, 0) is 40.0 Å². The summed E-state index contributed by atoms with van der Waals surface area (Å²) in [5.41, 5.74) is -0.872. The van der Waals surface area contributed by atoms with Crippen molar-refractivity contribution in [3.8, 4) is 0 Å². The number of hydrogen-bond donors (Lipinski definition) is 1. The van der Waals surface area contributed by atoms with Crippen LogP contribution >= 0.6 is 0 Å². The second kappa shape index (κ2) is 4.44. The Morgan fingerprint density at radius 3 is 2.31 bits per heavy atom. The molecule has 1 fully saturated rings. The highest BCUT2D eigenvalue weighted by atomic mass is 16.6. The van der Waals surface area contributed by atoms with Crippen molar-refractivity contribution in [1.29, 1.82) is 0 Å². The van der Waals surface area contributed by atoms with Gasteiger partial charge >= 0.3 is 6.09 Å². The Morgan fingerprint density at radius 1 is 1.44 bits per heavy atom. The largest absolute Gasteiger partial charge is 0.444 e. The van der Waals surface area contributed by atoms with Crippen LogP contribution in [0.2, 0.25) is 0 Å².